The second-order valence-corrected chi connectivity index (χ2v) is 7.51. The van der Waals surface area contributed by atoms with Gasteiger partial charge in [-0.3, -0.25) is 4.79 Å². The molecule has 0 saturated carbocycles. The molecule has 122 valence electrons. The van der Waals surface area contributed by atoms with Gasteiger partial charge in [-0.25, -0.2) is 8.42 Å². The molecule has 0 atom stereocenters. The van der Waals surface area contributed by atoms with E-state index in [1.807, 2.05) is 17.8 Å². The van der Waals surface area contributed by atoms with E-state index in [2.05, 4.69) is 0 Å². The van der Waals surface area contributed by atoms with E-state index in [1.165, 1.54) is 4.31 Å². The summed E-state index contributed by atoms with van der Waals surface area (Å²) in [5.74, 6) is -0.0534. The zero-order chi connectivity index (χ0) is 16.4. The lowest BCUT2D eigenvalue weighted by molar-refractivity contribution is 0.0698. The number of carbonyl (C=O) groups excluding carboxylic acids is 1. The molecule has 2 heterocycles. The minimum Gasteiger partial charge on any atom is -0.356 e. The van der Waals surface area contributed by atoms with Crippen LogP contribution in [-0.2, 0) is 17.1 Å². The maximum absolute atomic E-state index is 12.6. The third-order valence-electron chi connectivity index (χ3n) is 3.99. The summed E-state index contributed by atoms with van der Waals surface area (Å²) in [7, 11) is -1.62. The predicted octanol–water partition coefficient (Wildman–Crippen LogP) is 1.17. The van der Waals surface area contributed by atoms with E-state index in [1.54, 1.807) is 47.5 Å². The highest BCUT2D eigenvalue weighted by Gasteiger charge is 2.30. The summed E-state index contributed by atoms with van der Waals surface area (Å²) < 4.78 is 28.4. The third kappa shape index (κ3) is 3.16. The van der Waals surface area contributed by atoms with Crippen LogP contribution in [0.5, 0.6) is 0 Å². The van der Waals surface area contributed by atoms with Crippen molar-refractivity contribution in [3.8, 4) is 0 Å². The Balaban J connectivity index is 1.68. The Morgan fingerprint density at radius 1 is 1.00 bits per heavy atom. The van der Waals surface area contributed by atoms with Gasteiger partial charge in [-0.1, -0.05) is 18.2 Å². The second-order valence-electron chi connectivity index (χ2n) is 5.57. The Hall–Kier alpha value is -2.12. The first kappa shape index (κ1) is 15.8. The van der Waals surface area contributed by atoms with Gasteiger partial charge in [0.15, 0.2) is 0 Å². The first-order chi connectivity index (χ1) is 11.0. The molecule has 7 heteroatoms. The highest BCUT2D eigenvalue weighted by atomic mass is 32.2. The summed E-state index contributed by atoms with van der Waals surface area (Å²) in [5.41, 5.74) is 0.631. The Labute approximate surface area is 136 Å². The van der Waals surface area contributed by atoms with Gasteiger partial charge < -0.3 is 9.47 Å². The number of benzene rings is 1. The molecule has 2 aromatic rings. The van der Waals surface area contributed by atoms with Crippen molar-refractivity contribution in [3.63, 3.8) is 0 Å². The molecule has 0 unspecified atom stereocenters. The van der Waals surface area contributed by atoms with Gasteiger partial charge in [-0.15, -0.1) is 0 Å². The van der Waals surface area contributed by atoms with E-state index in [4.69, 9.17) is 0 Å². The van der Waals surface area contributed by atoms with Crippen LogP contribution in [0.15, 0.2) is 53.7 Å². The van der Waals surface area contributed by atoms with Crippen LogP contribution in [0.4, 0.5) is 0 Å². The molecule has 1 aromatic heterocycles. The van der Waals surface area contributed by atoms with E-state index in [0.29, 0.717) is 36.6 Å². The molecule has 23 heavy (non-hydrogen) atoms. The maximum Gasteiger partial charge on any atom is 0.255 e. The normalized spacial score (nSPS) is 16.5. The highest BCUT2D eigenvalue weighted by molar-refractivity contribution is 7.89. The Morgan fingerprint density at radius 2 is 1.65 bits per heavy atom. The number of piperazine rings is 1. The molecule has 1 aliphatic rings. The molecule has 1 saturated heterocycles. The van der Waals surface area contributed by atoms with Crippen molar-refractivity contribution >= 4 is 15.9 Å². The molecule has 1 amide bonds. The smallest absolute Gasteiger partial charge is 0.255 e. The Bertz CT molecular complexity index is 791. The van der Waals surface area contributed by atoms with Crippen LogP contribution >= 0.6 is 0 Å². The highest BCUT2D eigenvalue weighted by Crippen LogP contribution is 2.18. The molecule has 6 nitrogen and oxygen atoms in total. The summed E-state index contributed by atoms with van der Waals surface area (Å²) in [4.78, 5) is 14.4. The molecule has 0 N–H and O–H groups in total. The van der Waals surface area contributed by atoms with E-state index in [-0.39, 0.29) is 5.91 Å². The van der Waals surface area contributed by atoms with Crippen molar-refractivity contribution in [1.82, 2.24) is 13.8 Å². The van der Waals surface area contributed by atoms with E-state index in [0.717, 1.165) is 0 Å². The number of aromatic nitrogens is 1. The molecule has 0 aliphatic carbocycles. The maximum atomic E-state index is 12.6. The van der Waals surface area contributed by atoms with Gasteiger partial charge in [0.25, 0.3) is 5.91 Å². The fourth-order valence-corrected chi connectivity index (χ4v) is 4.13. The van der Waals surface area contributed by atoms with Gasteiger partial charge in [0, 0.05) is 45.6 Å². The molecule has 0 bridgehead atoms. The largest absolute Gasteiger partial charge is 0.356 e. The van der Waals surface area contributed by atoms with Gasteiger partial charge >= 0.3 is 0 Å². The molecular weight excluding hydrogens is 314 g/mol. The lowest BCUT2D eigenvalue weighted by Gasteiger charge is -2.33. The minimum atomic E-state index is -3.48. The van der Waals surface area contributed by atoms with E-state index in [9.17, 15) is 13.2 Å². The minimum absolute atomic E-state index is 0.0534. The average Bonchev–Trinajstić information content (AvgIpc) is 3.01. The first-order valence-electron chi connectivity index (χ1n) is 7.45. The standard InChI is InChI=1S/C16H19N3O3S/c1-17-8-7-14(13-17)16(20)18-9-11-19(12-10-18)23(21,22)15-5-3-2-4-6-15/h2-8,13H,9-12H2,1H3. The van der Waals surface area contributed by atoms with E-state index >= 15 is 0 Å². The number of rotatable bonds is 3. The molecule has 1 aromatic carbocycles. The van der Waals surface area contributed by atoms with Crippen LogP contribution in [0, 0.1) is 0 Å². The van der Waals surface area contributed by atoms with Gasteiger partial charge in [0.1, 0.15) is 0 Å². The van der Waals surface area contributed by atoms with Crippen LogP contribution in [0.3, 0.4) is 0 Å². The fourth-order valence-electron chi connectivity index (χ4n) is 2.69. The van der Waals surface area contributed by atoms with Crippen molar-refractivity contribution in [2.24, 2.45) is 7.05 Å². The third-order valence-corrected chi connectivity index (χ3v) is 5.90. The van der Waals surface area contributed by atoms with Crippen molar-refractivity contribution < 1.29 is 13.2 Å². The quantitative estimate of drug-likeness (QED) is 0.847. The molecular formula is C16H19N3O3S. The van der Waals surface area contributed by atoms with Gasteiger partial charge in [-0.2, -0.15) is 4.31 Å². The van der Waals surface area contributed by atoms with Crippen LogP contribution in [0.1, 0.15) is 10.4 Å². The SMILES string of the molecule is Cn1ccc(C(=O)N2CCN(S(=O)(=O)c3ccccc3)CC2)c1. The monoisotopic (exact) mass is 333 g/mol. The molecule has 0 radical (unpaired) electrons. The zero-order valence-electron chi connectivity index (χ0n) is 12.9. The zero-order valence-corrected chi connectivity index (χ0v) is 13.7. The van der Waals surface area contributed by atoms with Gasteiger partial charge in [-0.05, 0) is 18.2 Å². The van der Waals surface area contributed by atoms with Crippen LogP contribution in [-0.4, -0.2) is 54.3 Å². The number of sulfonamides is 1. The second kappa shape index (κ2) is 6.17. The lowest BCUT2D eigenvalue weighted by atomic mass is 10.2. The summed E-state index contributed by atoms with van der Waals surface area (Å²) in [6, 6.07) is 10.2. The van der Waals surface area contributed by atoms with Crippen molar-refractivity contribution in [3.05, 3.63) is 54.4 Å². The van der Waals surface area contributed by atoms with Crippen LogP contribution < -0.4 is 0 Å². The van der Waals surface area contributed by atoms with Crippen LogP contribution in [0.2, 0.25) is 0 Å². The summed E-state index contributed by atoms with van der Waals surface area (Å²) in [6.07, 6.45) is 3.60. The Kier molecular flexibility index (Phi) is 4.23. The predicted molar refractivity (Wildman–Crippen MR) is 86.5 cm³/mol. The summed E-state index contributed by atoms with van der Waals surface area (Å²) in [6.45, 7) is 1.44. The summed E-state index contributed by atoms with van der Waals surface area (Å²) in [5, 5.41) is 0. The number of nitrogens with zero attached hydrogens (tertiary/aromatic N) is 3. The first-order valence-corrected chi connectivity index (χ1v) is 8.89. The molecule has 3 rings (SSSR count). The number of hydrogen-bond donors (Lipinski definition) is 0. The van der Waals surface area contributed by atoms with Gasteiger partial charge in [0.05, 0.1) is 10.5 Å². The van der Waals surface area contributed by atoms with Crippen molar-refractivity contribution in [1.29, 1.82) is 0 Å². The van der Waals surface area contributed by atoms with Crippen molar-refractivity contribution in [2.45, 2.75) is 4.90 Å². The summed E-state index contributed by atoms with van der Waals surface area (Å²) >= 11 is 0. The topological polar surface area (TPSA) is 62.6 Å². The van der Waals surface area contributed by atoms with Crippen molar-refractivity contribution in [2.75, 3.05) is 26.2 Å². The number of hydrogen-bond acceptors (Lipinski definition) is 3. The fraction of sp³-hybridized carbons (Fsp3) is 0.312. The number of aryl methyl sites for hydroxylation is 1. The van der Waals surface area contributed by atoms with Gasteiger partial charge in [0.2, 0.25) is 10.0 Å². The van der Waals surface area contributed by atoms with Crippen LogP contribution in [0.25, 0.3) is 0 Å². The number of carbonyl (C=O) groups is 1. The molecule has 1 aliphatic heterocycles. The number of amides is 1. The molecule has 0 spiro atoms. The van der Waals surface area contributed by atoms with E-state index < -0.39 is 10.0 Å². The molecule has 1 fully saturated rings. The Morgan fingerprint density at radius 3 is 2.22 bits per heavy atom. The average molecular weight is 333 g/mol. The lowest BCUT2D eigenvalue weighted by Crippen LogP contribution is -2.50.